The normalized spacial score (nSPS) is 11.8. The van der Waals surface area contributed by atoms with Crippen molar-refractivity contribution in [3.63, 3.8) is 0 Å². The SMILES string of the molecule is CCCCC(=O)Nc1cncc(-c2ccc3[nH]nc(-c4cc5c(-c6cc(F)cc(CCS(C)(=O)=O)c6)cncc5[nH]4)c3n2)c1. The number of pyridine rings is 3. The predicted molar refractivity (Wildman–Crippen MR) is 169 cm³/mol. The number of nitrogens with zero attached hydrogens (tertiary/aromatic N) is 4. The number of carbonyl (C=O) groups excluding carboxylic acids is 1. The zero-order valence-corrected chi connectivity index (χ0v) is 25.0. The molecule has 0 radical (unpaired) electrons. The second kappa shape index (κ2) is 12.0. The number of halogens is 1. The smallest absolute Gasteiger partial charge is 0.224 e. The molecule has 0 fully saturated rings. The lowest BCUT2D eigenvalue weighted by Gasteiger charge is -2.07. The van der Waals surface area contributed by atoms with Gasteiger partial charge in [-0.3, -0.25) is 19.9 Å². The second-order valence-corrected chi connectivity index (χ2v) is 13.1. The van der Waals surface area contributed by atoms with Crippen molar-refractivity contribution in [1.82, 2.24) is 30.1 Å². The van der Waals surface area contributed by atoms with Crippen LogP contribution in [0.1, 0.15) is 31.7 Å². The lowest BCUT2D eigenvalue weighted by Crippen LogP contribution is -2.11. The molecular formula is C32H30FN7O3S. The van der Waals surface area contributed by atoms with Crippen LogP contribution in [0.15, 0.2) is 67.3 Å². The molecule has 0 saturated heterocycles. The van der Waals surface area contributed by atoms with Crippen LogP contribution >= 0.6 is 0 Å². The molecule has 3 N–H and O–H groups in total. The van der Waals surface area contributed by atoms with E-state index in [2.05, 4.69) is 30.5 Å². The van der Waals surface area contributed by atoms with Crippen LogP contribution in [0.25, 0.3) is 55.7 Å². The van der Waals surface area contributed by atoms with Crippen molar-refractivity contribution in [1.29, 1.82) is 0 Å². The van der Waals surface area contributed by atoms with E-state index in [0.717, 1.165) is 34.8 Å². The van der Waals surface area contributed by atoms with Gasteiger partial charge in [-0.15, -0.1) is 0 Å². The predicted octanol–water partition coefficient (Wildman–Crippen LogP) is 6.09. The van der Waals surface area contributed by atoms with E-state index < -0.39 is 15.7 Å². The van der Waals surface area contributed by atoms with Gasteiger partial charge in [0.05, 0.1) is 46.3 Å². The van der Waals surface area contributed by atoms with Gasteiger partial charge in [-0.1, -0.05) is 19.4 Å². The van der Waals surface area contributed by atoms with Crippen molar-refractivity contribution in [3.8, 4) is 33.8 Å². The van der Waals surface area contributed by atoms with Crippen molar-refractivity contribution >= 4 is 43.4 Å². The van der Waals surface area contributed by atoms with Crippen LogP contribution in [-0.2, 0) is 21.1 Å². The number of benzene rings is 1. The van der Waals surface area contributed by atoms with E-state index in [-0.39, 0.29) is 18.1 Å². The number of aromatic amines is 2. The molecule has 12 heteroatoms. The highest BCUT2D eigenvalue weighted by molar-refractivity contribution is 7.90. The molecule has 6 aromatic rings. The highest BCUT2D eigenvalue weighted by atomic mass is 32.2. The molecule has 0 unspecified atom stereocenters. The van der Waals surface area contributed by atoms with Crippen molar-refractivity contribution in [2.24, 2.45) is 0 Å². The van der Waals surface area contributed by atoms with Gasteiger partial charge in [0.15, 0.2) is 0 Å². The van der Waals surface area contributed by atoms with Gasteiger partial charge in [0.1, 0.15) is 26.9 Å². The summed E-state index contributed by atoms with van der Waals surface area (Å²) < 4.78 is 38.0. The van der Waals surface area contributed by atoms with Crippen molar-refractivity contribution < 1.29 is 17.6 Å². The topological polar surface area (TPSA) is 146 Å². The quantitative estimate of drug-likeness (QED) is 0.170. The van der Waals surface area contributed by atoms with E-state index in [1.165, 1.54) is 18.4 Å². The van der Waals surface area contributed by atoms with Crippen LogP contribution in [0.3, 0.4) is 0 Å². The van der Waals surface area contributed by atoms with E-state index >= 15 is 0 Å². The lowest BCUT2D eigenvalue weighted by molar-refractivity contribution is -0.116. The molecule has 0 atom stereocenters. The van der Waals surface area contributed by atoms with Crippen LogP contribution in [0.4, 0.5) is 10.1 Å². The van der Waals surface area contributed by atoms with Gasteiger partial charge >= 0.3 is 0 Å². The number of carbonyl (C=O) groups is 1. The highest BCUT2D eigenvalue weighted by Crippen LogP contribution is 2.34. The molecule has 0 aliphatic rings. The van der Waals surface area contributed by atoms with Crippen LogP contribution in [0, 0.1) is 5.82 Å². The van der Waals surface area contributed by atoms with Crippen LogP contribution in [0.5, 0.6) is 0 Å². The molecule has 0 aliphatic carbocycles. The molecule has 1 aromatic carbocycles. The molecule has 0 spiro atoms. The average molecular weight is 612 g/mol. The van der Waals surface area contributed by atoms with Crippen molar-refractivity contribution in [2.75, 3.05) is 17.3 Å². The van der Waals surface area contributed by atoms with E-state index in [9.17, 15) is 17.6 Å². The van der Waals surface area contributed by atoms with Gasteiger partial charge in [0.2, 0.25) is 5.91 Å². The molecule has 6 rings (SSSR count). The molecule has 5 aromatic heterocycles. The summed E-state index contributed by atoms with van der Waals surface area (Å²) >= 11 is 0. The third-order valence-corrected chi connectivity index (χ3v) is 8.26. The number of aromatic nitrogens is 6. The maximum absolute atomic E-state index is 14.6. The summed E-state index contributed by atoms with van der Waals surface area (Å²) in [6, 6.07) is 12.1. The molecule has 0 aliphatic heterocycles. The van der Waals surface area contributed by atoms with Crippen LogP contribution in [0.2, 0.25) is 0 Å². The molecule has 10 nitrogen and oxygen atoms in total. The third-order valence-electron chi connectivity index (χ3n) is 7.31. The summed E-state index contributed by atoms with van der Waals surface area (Å²) in [7, 11) is -3.19. The summed E-state index contributed by atoms with van der Waals surface area (Å²) in [4.78, 5) is 29.1. The number of fused-ring (bicyclic) bond motifs is 2. The first-order valence-electron chi connectivity index (χ1n) is 14.2. The third kappa shape index (κ3) is 6.35. The summed E-state index contributed by atoms with van der Waals surface area (Å²) in [6.07, 6.45) is 10.2. The second-order valence-electron chi connectivity index (χ2n) is 10.8. The van der Waals surface area contributed by atoms with E-state index in [0.29, 0.717) is 51.4 Å². The fourth-order valence-corrected chi connectivity index (χ4v) is 5.73. The Morgan fingerprint density at radius 1 is 0.977 bits per heavy atom. The molecule has 5 heterocycles. The number of aryl methyl sites for hydroxylation is 1. The van der Waals surface area contributed by atoms with Crippen molar-refractivity contribution in [2.45, 2.75) is 32.6 Å². The number of hydrogen-bond donors (Lipinski definition) is 3. The maximum Gasteiger partial charge on any atom is 0.224 e. The van der Waals surface area contributed by atoms with Crippen LogP contribution < -0.4 is 5.32 Å². The summed E-state index contributed by atoms with van der Waals surface area (Å²) in [5.41, 5.74) is 7.27. The van der Waals surface area contributed by atoms with Crippen molar-refractivity contribution in [3.05, 3.63) is 78.6 Å². The number of nitrogens with one attached hydrogen (secondary N) is 3. The number of H-pyrrole nitrogens is 2. The summed E-state index contributed by atoms with van der Waals surface area (Å²) in [6.45, 7) is 2.04. The Hall–Kier alpha value is -4.97. The zero-order chi connectivity index (χ0) is 30.8. The molecule has 1 amide bonds. The minimum absolute atomic E-state index is 0.0534. The van der Waals surface area contributed by atoms with E-state index in [1.807, 2.05) is 31.2 Å². The lowest BCUT2D eigenvalue weighted by atomic mass is 10.0. The van der Waals surface area contributed by atoms with Gasteiger partial charge in [-0.05, 0) is 60.4 Å². The largest absolute Gasteiger partial charge is 0.352 e. The zero-order valence-electron chi connectivity index (χ0n) is 24.2. The van der Waals surface area contributed by atoms with Gasteiger partial charge < -0.3 is 10.3 Å². The first-order chi connectivity index (χ1) is 21.2. The molecule has 0 saturated carbocycles. The fourth-order valence-electron chi connectivity index (χ4n) is 5.12. The molecule has 224 valence electrons. The number of rotatable bonds is 10. The minimum atomic E-state index is -3.19. The Kier molecular flexibility index (Phi) is 7.92. The Bertz CT molecular complexity index is 2120. The molecule has 44 heavy (non-hydrogen) atoms. The number of amides is 1. The monoisotopic (exact) mass is 611 g/mol. The van der Waals surface area contributed by atoms with E-state index in [1.54, 1.807) is 30.9 Å². The van der Waals surface area contributed by atoms with Gasteiger partial charge in [-0.25, -0.2) is 17.8 Å². The number of unbranched alkanes of at least 4 members (excludes halogenated alkanes) is 1. The van der Waals surface area contributed by atoms with E-state index in [4.69, 9.17) is 4.98 Å². The molecule has 0 bridgehead atoms. The highest BCUT2D eigenvalue weighted by Gasteiger charge is 2.17. The van der Waals surface area contributed by atoms with Crippen LogP contribution in [-0.4, -0.2) is 56.5 Å². The Morgan fingerprint density at radius 2 is 1.82 bits per heavy atom. The standard InChI is InChI=1S/C32H30FN7O3S/c1-3-4-5-30(41)36-23-13-21(15-34-16-23)26-6-7-27-31(38-26)32(40-39-27)28-14-24-25(17-35-18-29(24)37-28)20-10-19(11-22(33)12-20)8-9-44(2,42)43/h6-7,10-18,37H,3-5,8-9H2,1-2H3,(H,36,41)(H,39,40). The first-order valence-corrected chi connectivity index (χ1v) is 16.3. The first kappa shape index (κ1) is 29.1. The minimum Gasteiger partial charge on any atom is -0.352 e. The maximum atomic E-state index is 14.6. The number of anilines is 1. The summed E-state index contributed by atoms with van der Waals surface area (Å²) in [5.74, 6) is -0.572. The van der Waals surface area contributed by atoms with Gasteiger partial charge in [0.25, 0.3) is 0 Å². The summed E-state index contributed by atoms with van der Waals surface area (Å²) in [5, 5.41) is 11.3. The number of hydrogen-bond acceptors (Lipinski definition) is 7. The fraction of sp³-hybridized carbons (Fsp3) is 0.219. The van der Waals surface area contributed by atoms with Gasteiger partial charge in [-0.2, -0.15) is 5.10 Å². The Balaban J connectivity index is 1.35. The Morgan fingerprint density at radius 3 is 2.64 bits per heavy atom. The Labute approximate surface area is 253 Å². The van der Waals surface area contributed by atoms with Gasteiger partial charge in [0, 0.05) is 41.6 Å². The molecular weight excluding hydrogens is 581 g/mol. The number of sulfone groups is 1. The average Bonchev–Trinajstić information content (AvgIpc) is 3.62.